The van der Waals surface area contributed by atoms with Crippen LogP contribution in [-0.2, 0) is 4.79 Å². The number of amides is 2. The third-order valence-electron chi connectivity index (χ3n) is 5.44. The number of hydrogen-bond donors (Lipinski definition) is 2. The molecule has 0 unspecified atom stereocenters. The van der Waals surface area contributed by atoms with Gasteiger partial charge in [0.1, 0.15) is 11.5 Å². The van der Waals surface area contributed by atoms with Gasteiger partial charge >= 0.3 is 0 Å². The lowest BCUT2D eigenvalue weighted by Crippen LogP contribution is -2.30. The molecule has 0 aliphatic carbocycles. The zero-order chi connectivity index (χ0) is 26.9. The zero-order valence-corrected chi connectivity index (χ0v) is 20.8. The molecule has 4 aromatic rings. The smallest absolute Gasteiger partial charge is 0.272 e. The van der Waals surface area contributed by atoms with Crippen LogP contribution in [0.25, 0.3) is 12.2 Å². The Morgan fingerprint density at radius 2 is 1.47 bits per heavy atom. The highest BCUT2D eigenvalue weighted by Crippen LogP contribution is 2.17. The average molecular weight is 525 g/mol. The van der Waals surface area contributed by atoms with Crippen LogP contribution in [0.5, 0.6) is 0 Å². The average Bonchev–Trinajstić information content (AvgIpc) is 2.93. The molecule has 0 radical (unpaired) electrons. The summed E-state index contributed by atoms with van der Waals surface area (Å²) in [6, 6.07) is 27.8. The number of allylic oxidation sites excluding steroid dienone is 1. The highest BCUT2D eigenvalue weighted by molar-refractivity contribution is 6.30. The van der Waals surface area contributed by atoms with Crippen LogP contribution in [0.4, 0.5) is 10.1 Å². The number of anilines is 1. The Bertz CT molecular complexity index is 1530. The fourth-order valence-corrected chi connectivity index (χ4v) is 3.69. The van der Waals surface area contributed by atoms with Gasteiger partial charge in [0, 0.05) is 27.4 Å². The highest BCUT2D eigenvalue weighted by Gasteiger charge is 2.15. The predicted octanol–water partition coefficient (Wildman–Crippen LogP) is 6.78. The van der Waals surface area contributed by atoms with Gasteiger partial charge in [-0.05, 0) is 78.4 Å². The highest BCUT2D eigenvalue weighted by atomic mass is 35.5. The summed E-state index contributed by atoms with van der Waals surface area (Å²) < 4.78 is 13.8. The summed E-state index contributed by atoms with van der Waals surface area (Å²) in [5, 5.41) is 5.88. The van der Waals surface area contributed by atoms with Gasteiger partial charge in [0.25, 0.3) is 11.8 Å². The number of nitrogens with one attached hydrogen (secondary N) is 2. The molecule has 0 aliphatic rings. The number of halogens is 2. The molecule has 7 heteroatoms. The molecule has 0 spiro atoms. The SMILES string of the molecule is O=C(Nc1ccc(C(=O)/C=C/c2ccccc2F)cc1)/C(=C/c1cccc(Cl)c1)NC(=O)c1ccccc1. The van der Waals surface area contributed by atoms with Gasteiger partial charge in [0.15, 0.2) is 5.78 Å². The number of hydrogen-bond acceptors (Lipinski definition) is 3. The van der Waals surface area contributed by atoms with E-state index in [1.807, 2.05) is 0 Å². The predicted molar refractivity (Wildman–Crippen MR) is 148 cm³/mol. The largest absolute Gasteiger partial charge is 0.321 e. The number of ketones is 1. The lowest BCUT2D eigenvalue weighted by molar-refractivity contribution is -0.113. The normalized spacial score (nSPS) is 11.3. The standard InChI is InChI=1S/C31H22ClFN2O3/c32-25-11-6-7-21(19-25)20-28(35-30(37)24-9-2-1-3-10-24)31(38)34-26-16-13-23(14-17-26)29(36)18-15-22-8-4-5-12-27(22)33/h1-20H,(H,34,38)(H,35,37)/b18-15+,28-20-. The minimum atomic E-state index is -0.562. The second-order valence-electron chi connectivity index (χ2n) is 8.18. The molecule has 38 heavy (non-hydrogen) atoms. The molecule has 0 fully saturated rings. The summed E-state index contributed by atoms with van der Waals surface area (Å²) in [4.78, 5) is 38.4. The molecule has 2 N–H and O–H groups in total. The molecular weight excluding hydrogens is 503 g/mol. The molecule has 0 saturated heterocycles. The van der Waals surface area contributed by atoms with Gasteiger partial charge in [0.05, 0.1) is 0 Å². The quantitative estimate of drug-likeness (QED) is 0.197. The Kier molecular flexibility index (Phi) is 8.59. The number of rotatable bonds is 8. The first kappa shape index (κ1) is 26.3. The number of carbonyl (C=O) groups is 3. The molecule has 0 atom stereocenters. The summed E-state index contributed by atoms with van der Waals surface area (Å²) >= 11 is 6.08. The fourth-order valence-electron chi connectivity index (χ4n) is 3.49. The van der Waals surface area contributed by atoms with Crippen molar-refractivity contribution in [2.75, 3.05) is 5.32 Å². The van der Waals surface area contributed by atoms with Gasteiger partial charge in [-0.2, -0.15) is 0 Å². The van der Waals surface area contributed by atoms with Crippen molar-refractivity contribution < 1.29 is 18.8 Å². The van der Waals surface area contributed by atoms with Crippen molar-refractivity contribution in [3.05, 3.63) is 148 Å². The van der Waals surface area contributed by atoms with Gasteiger partial charge in [-0.15, -0.1) is 0 Å². The van der Waals surface area contributed by atoms with Crippen molar-refractivity contribution in [1.29, 1.82) is 0 Å². The third-order valence-corrected chi connectivity index (χ3v) is 5.67. The van der Waals surface area contributed by atoms with E-state index in [1.165, 1.54) is 24.3 Å². The second kappa shape index (κ2) is 12.4. The Morgan fingerprint density at radius 1 is 0.763 bits per heavy atom. The van der Waals surface area contributed by atoms with Gasteiger partial charge < -0.3 is 10.6 Å². The van der Waals surface area contributed by atoms with Crippen LogP contribution in [0.3, 0.4) is 0 Å². The molecule has 4 aromatic carbocycles. The van der Waals surface area contributed by atoms with Crippen LogP contribution in [-0.4, -0.2) is 17.6 Å². The fraction of sp³-hybridized carbons (Fsp3) is 0. The van der Waals surface area contributed by atoms with Crippen LogP contribution >= 0.6 is 11.6 Å². The maximum atomic E-state index is 13.8. The monoisotopic (exact) mass is 524 g/mol. The molecule has 0 aliphatic heterocycles. The molecular formula is C31H22ClFN2O3. The van der Waals surface area contributed by atoms with E-state index in [0.717, 1.165) is 0 Å². The van der Waals surface area contributed by atoms with Gasteiger partial charge in [-0.25, -0.2) is 4.39 Å². The van der Waals surface area contributed by atoms with Crippen LogP contribution in [0, 0.1) is 5.82 Å². The van der Waals surface area contributed by atoms with Crippen molar-refractivity contribution in [3.8, 4) is 0 Å². The van der Waals surface area contributed by atoms with Gasteiger partial charge in [-0.3, -0.25) is 14.4 Å². The van der Waals surface area contributed by atoms with Gasteiger partial charge in [0.2, 0.25) is 0 Å². The van der Waals surface area contributed by atoms with Crippen LogP contribution in [0.1, 0.15) is 31.8 Å². The molecule has 0 aromatic heterocycles. The number of benzene rings is 4. The number of carbonyl (C=O) groups excluding carboxylic acids is 3. The van der Waals surface area contributed by atoms with Crippen molar-refractivity contribution in [1.82, 2.24) is 5.32 Å². The minimum Gasteiger partial charge on any atom is -0.321 e. The Hall–Kier alpha value is -4.81. The molecule has 5 nitrogen and oxygen atoms in total. The van der Waals surface area contributed by atoms with E-state index in [4.69, 9.17) is 11.6 Å². The molecule has 0 saturated carbocycles. The summed E-state index contributed by atoms with van der Waals surface area (Å²) in [6.07, 6.45) is 4.22. The van der Waals surface area contributed by atoms with E-state index >= 15 is 0 Å². The first-order valence-electron chi connectivity index (χ1n) is 11.6. The Balaban J connectivity index is 1.50. The topological polar surface area (TPSA) is 75.3 Å². The summed E-state index contributed by atoms with van der Waals surface area (Å²) in [5.74, 6) is -1.75. The maximum absolute atomic E-state index is 13.8. The third kappa shape index (κ3) is 7.12. The van der Waals surface area contributed by atoms with E-state index in [-0.39, 0.29) is 11.5 Å². The lowest BCUT2D eigenvalue weighted by atomic mass is 10.1. The van der Waals surface area contributed by atoms with Crippen molar-refractivity contribution in [2.24, 2.45) is 0 Å². The maximum Gasteiger partial charge on any atom is 0.272 e. The second-order valence-corrected chi connectivity index (χ2v) is 8.62. The van der Waals surface area contributed by atoms with E-state index in [1.54, 1.807) is 97.1 Å². The first-order valence-corrected chi connectivity index (χ1v) is 12.0. The molecule has 0 heterocycles. The summed E-state index contributed by atoms with van der Waals surface area (Å²) in [7, 11) is 0. The lowest BCUT2D eigenvalue weighted by Gasteiger charge is -2.12. The van der Waals surface area contributed by atoms with Gasteiger partial charge in [-0.1, -0.05) is 60.1 Å². The van der Waals surface area contributed by atoms with Crippen LogP contribution in [0.2, 0.25) is 5.02 Å². The van der Waals surface area contributed by atoms with E-state index < -0.39 is 17.6 Å². The Morgan fingerprint density at radius 3 is 2.18 bits per heavy atom. The van der Waals surface area contributed by atoms with Crippen molar-refractivity contribution in [3.63, 3.8) is 0 Å². The zero-order valence-electron chi connectivity index (χ0n) is 20.0. The van der Waals surface area contributed by atoms with E-state index in [2.05, 4.69) is 10.6 Å². The van der Waals surface area contributed by atoms with Crippen LogP contribution in [0.15, 0.2) is 115 Å². The molecule has 0 bridgehead atoms. The van der Waals surface area contributed by atoms with E-state index in [0.29, 0.717) is 33.0 Å². The molecule has 2 amide bonds. The molecule has 188 valence electrons. The Labute approximate surface area is 224 Å². The summed E-state index contributed by atoms with van der Waals surface area (Å²) in [6.45, 7) is 0. The van der Waals surface area contributed by atoms with Crippen LogP contribution < -0.4 is 10.6 Å². The van der Waals surface area contributed by atoms with E-state index in [9.17, 15) is 18.8 Å². The first-order chi connectivity index (χ1) is 18.4. The van der Waals surface area contributed by atoms with Crippen molar-refractivity contribution >= 4 is 47.0 Å². The van der Waals surface area contributed by atoms with Crippen molar-refractivity contribution in [2.45, 2.75) is 0 Å². The minimum absolute atomic E-state index is 0.00842. The molecule has 4 rings (SSSR count). The summed E-state index contributed by atoms with van der Waals surface area (Å²) in [5.41, 5.74) is 2.11.